The van der Waals surface area contributed by atoms with E-state index in [1.807, 2.05) is 53.4 Å². The van der Waals surface area contributed by atoms with E-state index in [4.69, 9.17) is 10.3 Å². The summed E-state index contributed by atoms with van der Waals surface area (Å²) in [6, 6.07) is 15.6. The smallest absolute Gasteiger partial charge is 0.259 e. The van der Waals surface area contributed by atoms with Gasteiger partial charge in [-0.3, -0.25) is 4.79 Å². The lowest BCUT2D eigenvalue weighted by molar-refractivity contribution is -0.127. The lowest BCUT2D eigenvalue weighted by atomic mass is 10.1. The zero-order chi connectivity index (χ0) is 19.3. The van der Waals surface area contributed by atoms with Crippen molar-refractivity contribution in [2.45, 2.75) is 24.3 Å². The number of thioether (sulfide) groups is 1. The van der Waals surface area contributed by atoms with Gasteiger partial charge in [0.15, 0.2) is 0 Å². The van der Waals surface area contributed by atoms with Gasteiger partial charge in [0.25, 0.3) is 5.89 Å². The van der Waals surface area contributed by atoms with Crippen molar-refractivity contribution in [1.29, 1.82) is 0 Å². The van der Waals surface area contributed by atoms with Crippen LogP contribution in [-0.4, -0.2) is 39.8 Å². The SMILES string of the molecule is NCc1ccc(-c2noc(-c3ccccc3SCC(=O)N3CCCC3)n2)cc1. The van der Waals surface area contributed by atoms with Crippen molar-refractivity contribution in [1.82, 2.24) is 15.0 Å². The first-order valence-electron chi connectivity index (χ1n) is 9.37. The van der Waals surface area contributed by atoms with Gasteiger partial charge in [-0.2, -0.15) is 4.98 Å². The molecule has 4 rings (SSSR count). The number of nitrogens with two attached hydrogens (primary N) is 1. The topological polar surface area (TPSA) is 85.2 Å². The Bertz CT molecular complexity index is 949. The van der Waals surface area contributed by atoms with Crippen LogP contribution in [0.1, 0.15) is 18.4 Å². The van der Waals surface area contributed by atoms with Crippen LogP contribution in [0.5, 0.6) is 0 Å². The molecule has 28 heavy (non-hydrogen) atoms. The number of likely N-dealkylation sites (tertiary alicyclic amines) is 1. The highest BCUT2D eigenvalue weighted by Crippen LogP contribution is 2.32. The van der Waals surface area contributed by atoms with Crippen molar-refractivity contribution in [2.75, 3.05) is 18.8 Å². The molecular formula is C21H22N4O2S. The number of hydrogen-bond donors (Lipinski definition) is 1. The fraction of sp³-hybridized carbons (Fsp3) is 0.286. The Labute approximate surface area is 168 Å². The molecule has 3 aromatic rings. The van der Waals surface area contributed by atoms with Crippen LogP contribution in [0.3, 0.4) is 0 Å². The molecule has 0 radical (unpaired) electrons. The number of aromatic nitrogens is 2. The predicted octanol–water partition coefficient (Wildman–Crippen LogP) is 3.58. The van der Waals surface area contributed by atoms with Gasteiger partial charge in [-0.05, 0) is 30.5 Å². The maximum absolute atomic E-state index is 12.4. The molecule has 6 nitrogen and oxygen atoms in total. The Morgan fingerprint density at radius 3 is 2.61 bits per heavy atom. The zero-order valence-electron chi connectivity index (χ0n) is 15.5. The Balaban J connectivity index is 1.51. The zero-order valence-corrected chi connectivity index (χ0v) is 16.3. The first kappa shape index (κ1) is 18.7. The maximum atomic E-state index is 12.4. The molecule has 1 aliphatic heterocycles. The van der Waals surface area contributed by atoms with Crippen molar-refractivity contribution in [2.24, 2.45) is 5.73 Å². The molecular weight excluding hydrogens is 372 g/mol. The lowest BCUT2D eigenvalue weighted by Gasteiger charge is -2.15. The van der Waals surface area contributed by atoms with Crippen LogP contribution in [0.25, 0.3) is 22.8 Å². The Morgan fingerprint density at radius 1 is 1.11 bits per heavy atom. The summed E-state index contributed by atoms with van der Waals surface area (Å²) in [5.41, 5.74) is 8.42. The molecule has 0 bridgehead atoms. The van der Waals surface area contributed by atoms with Gasteiger partial charge < -0.3 is 15.2 Å². The summed E-state index contributed by atoms with van der Waals surface area (Å²) in [5.74, 6) is 1.59. The van der Waals surface area contributed by atoms with Gasteiger partial charge in [0, 0.05) is 30.1 Å². The molecule has 144 valence electrons. The summed E-state index contributed by atoms with van der Waals surface area (Å²) in [6.07, 6.45) is 2.20. The van der Waals surface area contributed by atoms with Gasteiger partial charge in [-0.15, -0.1) is 11.8 Å². The van der Waals surface area contributed by atoms with Gasteiger partial charge >= 0.3 is 0 Å². The first-order valence-corrected chi connectivity index (χ1v) is 10.4. The van der Waals surface area contributed by atoms with Gasteiger partial charge in [0.1, 0.15) is 0 Å². The van der Waals surface area contributed by atoms with Crippen molar-refractivity contribution >= 4 is 17.7 Å². The lowest BCUT2D eigenvalue weighted by Crippen LogP contribution is -2.29. The Kier molecular flexibility index (Phi) is 5.73. The Morgan fingerprint density at radius 2 is 1.86 bits per heavy atom. The number of hydrogen-bond acceptors (Lipinski definition) is 6. The second-order valence-electron chi connectivity index (χ2n) is 6.70. The first-order chi connectivity index (χ1) is 13.7. The molecule has 0 spiro atoms. The summed E-state index contributed by atoms with van der Waals surface area (Å²) in [6.45, 7) is 2.24. The minimum Gasteiger partial charge on any atom is -0.342 e. The summed E-state index contributed by atoms with van der Waals surface area (Å²) in [4.78, 5) is 19.8. The molecule has 1 aliphatic rings. The quantitative estimate of drug-likeness (QED) is 0.643. The highest BCUT2D eigenvalue weighted by Gasteiger charge is 2.19. The second-order valence-corrected chi connectivity index (χ2v) is 7.71. The second kappa shape index (κ2) is 8.58. The number of nitrogens with zero attached hydrogens (tertiary/aromatic N) is 3. The van der Waals surface area contributed by atoms with E-state index in [0.29, 0.717) is 24.0 Å². The van der Waals surface area contributed by atoms with Crippen LogP contribution < -0.4 is 5.73 Å². The maximum Gasteiger partial charge on any atom is 0.259 e. The van der Waals surface area contributed by atoms with E-state index < -0.39 is 0 Å². The van der Waals surface area contributed by atoms with Crippen molar-refractivity contribution < 1.29 is 9.32 Å². The molecule has 0 atom stereocenters. The van der Waals surface area contributed by atoms with Crippen molar-refractivity contribution in [3.63, 3.8) is 0 Å². The van der Waals surface area contributed by atoms with E-state index in [-0.39, 0.29) is 5.91 Å². The van der Waals surface area contributed by atoms with E-state index in [1.54, 1.807) is 0 Å². The van der Waals surface area contributed by atoms with Crippen LogP contribution >= 0.6 is 11.8 Å². The predicted molar refractivity (Wildman–Crippen MR) is 110 cm³/mol. The minimum absolute atomic E-state index is 0.184. The number of rotatable bonds is 6. The largest absolute Gasteiger partial charge is 0.342 e. The molecule has 7 heteroatoms. The van der Waals surface area contributed by atoms with E-state index >= 15 is 0 Å². The van der Waals surface area contributed by atoms with E-state index in [1.165, 1.54) is 11.8 Å². The highest BCUT2D eigenvalue weighted by molar-refractivity contribution is 8.00. The molecule has 1 fully saturated rings. The Hall–Kier alpha value is -2.64. The average molecular weight is 395 g/mol. The summed E-state index contributed by atoms with van der Waals surface area (Å²) in [5, 5.41) is 4.12. The average Bonchev–Trinajstić information content (AvgIpc) is 3.45. The fourth-order valence-corrected chi connectivity index (χ4v) is 4.15. The molecule has 1 aromatic heterocycles. The van der Waals surface area contributed by atoms with Crippen LogP contribution in [0.4, 0.5) is 0 Å². The summed E-state index contributed by atoms with van der Waals surface area (Å²) >= 11 is 1.51. The number of amides is 1. The molecule has 2 heterocycles. The standard InChI is InChI=1S/C21H22N4O2S/c22-13-15-7-9-16(10-8-15)20-23-21(27-24-20)17-5-1-2-6-18(17)28-14-19(26)25-11-3-4-12-25/h1-2,5-10H,3-4,11-14,22H2. The molecule has 0 unspecified atom stereocenters. The molecule has 1 amide bonds. The minimum atomic E-state index is 0.184. The molecule has 2 N–H and O–H groups in total. The van der Waals surface area contributed by atoms with E-state index in [9.17, 15) is 4.79 Å². The van der Waals surface area contributed by atoms with Crippen LogP contribution in [-0.2, 0) is 11.3 Å². The molecule has 2 aromatic carbocycles. The van der Waals surface area contributed by atoms with E-state index in [0.717, 1.165) is 47.5 Å². The highest BCUT2D eigenvalue weighted by atomic mass is 32.2. The van der Waals surface area contributed by atoms with E-state index in [2.05, 4.69) is 10.1 Å². The van der Waals surface area contributed by atoms with Gasteiger partial charge in [-0.25, -0.2) is 0 Å². The normalized spacial score (nSPS) is 13.8. The fourth-order valence-electron chi connectivity index (χ4n) is 3.21. The van der Waals surface area contributed by atoms with Crippen LogP contribution in [0, 0.1) is 0 Å². The third kappa shape index (κ3) is 4.10. The van der Waals surface area contributed by atoms with Crippen molar-refractivity contribution in [3.05, 3.63) is 54.1 Å². The molecule has 0 aliphatic carbocycles. The van der Waals surface area contributed by atoms with Crippen LogP contribution in [0.2, 0.25) is 0 Å². The third-order valence-electron chi connectivity index (χ3n) is 4.80. The summed E-state index contributed by atoms with van der Waals surface area (Å²) < 4.78 is 5.51. The van der Waals surface area contributed by atoms with Gasteiger partial charge in [0.05, 0.1) is 11.3 Å². The van der Waals surface area contributed by atoms with Gasteiger partial charge in [0.2, 0.25) is 11.7 Å². The number of benzene rings is 2. The summed E-state index contributed by atoms with van der Waals surface area (Å²) in [7, 11) is 0. The van der Waals surface area contributed by atoms with Gasteiger partial charge in [-0.1, -0.05) is 41.6 Å². The number of carbonyl (C=O) groups excluding carboxylic acids is 1. The monoisotopic (exact) mass is 394 g/mol. The number of carbonyl (C=O) groups is 1. The van der Waals surface area contributed by atoms with Crippen LogP contribution in [0.15, 0.2) is 57.9 Å². The third-order valence-corrected chi connectivity index (χ3v) is 5.86. The molecule has 0 saturated carbocycles. The van der Waals surface area contributed by atoms with Crippen molar-refractivity contribution in [3.8, 4) is 22.8 Å². The molecule has 1 saturated heterocycles.